The van der Waals surface area contributed by atoms with Gasteiger partial charge in [-0.2, -0.15) is 0 Å². The Morgan fingerprint density at radius 3 is 2.24 bits per heavy atom. The Labute approximate surface area is 177 Å². The number of aliphatic hydroxyl groups is 1. The second-order valence-electron chi connectivity index (χ2n) is 8.66. The number of nitrogens with zero attached hydrogens (tertiary/aromatic N) is 1. The predicted molar refractivity (Wildman–Crippen MR) is 115 cm³/mol. The Hall–Kier alpha value is -0.500. The fourth-order valence-corrected chi connectivity index (χ4v) is 3.40. The van der Waals surface area contributed by atoms with Gasteiger partial charge in [-0.15, -0.1) is 0 Å². The largest absolute Gasteiger partial charge is 0.472 e. The zero-order chi connectivity index (χ0) is 22.3. The lowest BCUT2D eigenvalue weighted by atomic mass is 10.0. The minimum absolute atomic E-state index is 0.0742. The van der Waals surface area contributed by atoms with Crippen LogP contribution in [0.1, 0.15) is 71.6 Å². The van der Waals surface area contributed by atoms with Gasteiger partial charge >= 0.3 is 7.82 Å². The highest BCUT2D eigenvalue weighted by Crippen LogP contribution is 2.43. The number of hydrogen-bond donors (Lipinski definition) is 3. The number of quaternary nitrogens is 1. The first-order chi connectivity index (χ1) is 13.5. The molecule has 3 N–H and O–H groups in total. The molecule has 0 saturated carbocycles. The molecule has 0 aliphatic rings. The number of aliphatic hydroxyl groups excluding tert-OH is 1. The zero-order valence-electron chi connectivity index (χ0n) is 19.1. The van der Waals surface area contributed by atoms with Crippen molar-refractivity contribution in [3.63, 3.8) is 0 Å². The molecule has 8 nitrogen and oxygen atoms in total. The topological polar surface area (TPSA) is 105 Å². The number of carbonyl (C=O) groups excluding carboxylic acids is 1. The maximum absolute atomic E-state index is 12.1. The van der Waals surface area contributed by atoms with Crippen molar-refractivity contribution in [2.24, 2.45) is 0 Å². The average Bonchev–Trinajstić information content (AvgIpc) is 2.61. The molecular formula is C20H44N2O6P+. The molecular weight excluding hydrogens is 395 g/mol. The number of amides is 1. The van der Waals surface area contributed by atoms with E-state index in [9.17, 15) is 19.4 Å². The van der Waals surface area contributed by atoms with Crippen LogP contribution in [0.25, 0.3) is 0 Å². The molecule has 0 aromatic carbocycles. The first kappa shape index (κ1) is 28.5. The SMILES string of the molecule is CCCCCCCC(O)C(COP(=O)(O)OCC[N+](C)(C)C)NC(=O)CCCC. The fraction of sp³-hybridized carbons (Fsp3) is 0.950. The van der Waals surface area contributed by atoms with Crippen molar-refractivity contribution in [2.75, 3.05) is 40.9 Å². The van der Waals surface area contributed by atoms with Crippen LogP contribution in [0.5, 0.6) is 0 Å². The summed E-state index contributed by atoms with van der Waals surface area (Å²) in [5.41, 5.74) is 0. The number of hydrogen-bond acceptors (Lipinski definition) is 5. The Bertz CT molecular complexity index is 484. The summed E-state index contributed by atoms with van der Waals surface area (Å²) < 4.78 is 22.8. The number of carbonyl (C=O) groups is 1. The molecule has 29 heavy (non-hydrogen) atoms. The van der Waals surface area contributed by atoms with Crippen molar-refractivity contribution < 1.29 is 32.9 Å². The third-order valence-electron chi connectivity index (χ3n) is 4.61. The molecule has 0 aromatic heterocycles. The highest BCUT2D eigenvalue weighted by Gasteiger charge is 2.28. The predicted octanol–water partition coefficient (Wildman–Crippen LogP) is 3.22. The lowest BCUT2D eigenvalue weighted by molar-refractivity contribution is -0.870. The van der Waals surface area contributed by atoms with E-state index >= 15 is 0 Å². The van der Waals surface area contributed by atoms with Crippen LogP contribution in [0.4, 0.5) is 0 Å². The summed E-state index contributed by atoms with van der Waals surface area (Å²) in [5.74, 6) is -0.191. The standard InChI is InChI=1S/C20H43N2O6P/c1-6-8-10-11-12-13-19(23)18(21-20(24)14-9-7-2)17-28-29(25,26)27-16-15-22(3,4)5/h18-19,23H,6-17H2,1-5H3,(H-,21,24,25,26)/p+1. The van der Waals surface area contributed by atoms with E-state index in [1.807, 2.05) is 28.1 Å². The Balaban J connectivity index is 4.65. The monoisotopic (exact) mass is 439 g/mol. The molecule has 0 spiro atoms. The molecule has 0 fully saturated rings. The van der Waals surface area contributed by atoms with Crippen LogP contribution in [0.2, 0.25) is 0 Å². The molecule has 0 bridgehead atoms. The first-order valence-electron chi connectivity index (χ1n) is 10.9. The molecule has 0 rings (SSSR count). The summed E-state index contributed by atoms with van der Waals surface area (Å²) in [4.78, 5) is 22.0. The van der Waals surface area contributed by atoms with Gasteiger partial charge in [0.1, 0.15) is 13.2 Å². The maximum Gasteiger partial charge on any atom is 0.472 e. The highest BCUT2D eigenvalue weighted by molar-refractivity contribution is 7.47. The lowest BCUT2D eigenvalue weighted by Crippen LogP contribution is -2.46. The average molecular weight is 440 g/mol. The van der Waals surface area contributed by atoms with Gasteiger partial charge in [0.05, 0.1) is 39.9 Å². The maximum atomic E-state index is 12.1. The van der Waals surface area contributed by atoms with Crippen molar-refractivity contribution in [2.45, 2.75) is 83.8 Å². The number of rotatable bonds is 18. The van der Waals surface area contributed by atoms with Gasteiger partial charge in [0.15, 0.2) is 0 Å². The third kappa shape index (κ3) is 16.9. The minimum atomic E-state index is -4.25. The van der Waals surface area contributed by atoms with Crippen molar-refractivity contribution in [1.82, 2.24) is 5.32 Å². The van der Waals surface area contributed by atoms with E-state index in [1.165, 1.54) is 0 Å². The number of phosphoric ester groups is 1. The van der Waals surface area contributed by atoms with Crippen LogP contribution in [0.3, 0.4) is 0 Å². The second-order valence-corrected chi connectivity index (χ2v) is 10.1. The summed E-state index contributed by atoms with van der Waals surface area (Å²) >= 11 is 0. The smallest absolute Gasteiger partial charge is 0.391 e. The van der Waals surface area contributed by atoms with Gasteiger partial charge in [0.25, 0.3) is 0 Å². The third-order valence-corrected chi connectivity index (χ3v) is 5.59. The number of nitrogens with one attached hydrogen (secondary N) is 1. The summed E-state index contributed by atoms with van der Waals surface area (Å²) in [6.45, 7) is 4.49. The number of phosphoric acid groups is 1. The van der Waals surface area contributed by atoms with Gasteiger partial charge in [-0.05, 0) is 12.8 Å². The summed E-state index contributed by atoms with van der Waals surface area (Å²) in [5, 5.41) is 13.3. The van der Waals surface area contributed by atoms with Crippen molar-refractivity contribution in [3.05, 3.63) is 0 Å². The van der Waals surface area contributed by atoms with Crippen LogP contribution < -0.4 is 5.32 Å². The quantitative estimate of drug-likeness (QED) is 0.172. The molecule has 0 heterocycles. The van der Waals surface area contributed by atoms with Crippen molar-refractivity contribution in [3.8, 4) is 0 Å². The molecule has 3 unspecified atom stereocenters. The van der Waals surface area contributed by atoms with Crippen molar-refractivity contribution >= 4 is 13.7 Å². The van der Waals surface area contributed by atoms with E-state index in [0.29, 0.717) is 23.9 Å². The summed E-state index contributed by atoms with van der Waals surface area (Å²) in [6, 6.07) is -0.743. The molecule has 1 amide bonds. The van der Waals surface area contributed by atoms with E-state index in [1.54, 1.807) is 0 Å². The van der Waals surface area contributed by atoms with Gasteiger partial charge in [-0.25, -0.2) is 4.57 Å². The molecule has 3 atom stereocenters. The molecule has 0 aliphatic carbocycles. The van der Waals surface area contributed by atoms with E-state index in [2.05, 4.69) is 12.2 Å². The minimum Gasteiger partial charge on any atom is -0.391 e. The fourth-order valence-electron chi connectivity index (χ4n) is 2.67. The summed E-state index contributed by atoms with van der Waals surface area (Å²) in [7, 11) is 1.60. The molecule has 0 aromatic rings. The molecule has 0 radical (unpaired) electrons. The highest BCUT2D eigenvalue weighted by atomic mass is 31.2. The Morgan fingerprint density at radius 1 is 1.03 bits per heavy atom. The van der Waals surface area contributed by atoms with Crippen LogP contribution in [0.15, 0.2) is 0 Å². The van der Waals surface area contributed by atoms with Crippen LogP contribution in [0, 0.1) is 0 Å². The Morgan fingerprint density at radius 2 is 1.66 bits per heavy atom. The van der Waals surface area contributed by atoms with E-state index in [-0.39, 0.29) is 19.1 Å². The van der Waals surface area contributed by atoms with Gasteiger partial charge < -0.3 is 19.8 Å². The number of unbranched alkanes of at least 4 members (excludes halogenated alkanes) is 5. The summed E-state index contributed by atoms with van der Waals surface area (Å²) in [6.07, 6.45) is 6.92. The lowest BCUT2D eigenvalue weighted by Gasteiger charge is -2.26. The molecule has 174 valence electrons. The van der Waals surface area contributed by atoms with Crippen LogP contribution in [-0.4, -0.2) is 73.4 Å². The van der Waals surface area contributed by atoms with Gasteiger partial charge in [-0.3, -0.25) is 13.8 Å². The van der Waals surface area contributed by atoms with E-state index < -0.39 is 20.0 Å². The van der Waals surface area contributed by atoms with Crippen LogP contribution >= 0.6 is 7.82 Å². The molecule has 0 saturated heterocycles. The van der Waals surface area contributed by atoms with Crippen molar-refractivity contribution in [1.29, 1.82) is 0 Å². The Kier molecular flexibility index (Phi) is 15.1. The number of likely N-dealkylation sites (N-methyl/N-ethyl adjacent to an activating group) is 1. The van der Waals surface area contributed by atoms with E-state index in [4.69, 9.17) is 9.05 Å². The molecule has 0 aliphatic heterocycles. The first-order valence-corrected chi connectivity index (χ1v) is 12.4. The van der Waals surface area contributed by atoms with E-state index in [0.717, 1.165) is 44.9 Å². The zero-order valence-corrected chi connectivity index (χ0v) is 20.0. The normalized spacial score (nSPS) is 16.2. The second kappa shape index (κ2) is 15.3. The van der Waals surface area contributed by atoms with Crippen LogP contribution in [-0.2, 0) is 18.4 Å². The van der Waals surface area contributed by atoms with Gasteiger partial charge in [-0.1, -0.05) is 52.4 Å². The van der Waals surface area contributed by atoms with Gasteiger partial charge in [0, 0.05) is 6.42 Å². The van der Waals surface area contributed by atoms with Gasteiger partial charge in [0.2, 0.25) is 5.91 Å². The molecule has 9 heteroatoms.